The van der Waals surface area contributed by atoms with E-state index in [0.717, 1.165) is 17.3 Å². The van der Waals surface area contributed by atoms with E-state index in [2.05, 4.69) is 18.2 Å². The molecule has 2 aromatic rings. The van der Waals surface area contributed by atoms with Crippen LogP contribution in [-0.2, 0) is 22.8 Å². The van der Waals surface area contributed by atoms with E-state index in [-0.39, 0.29) is 17.0 Å². The van der Waals surface area contributed by atoms with Crippen molar-refractivity contribution in [3.8, 4) is 0 Å². The summed E-state index contributed by atoms with van der Waals surface area (Å²) in [5.41, 5.74) is 8.11. The Morgan fingerprint density at radius 3 is 2.52 bits per heavy atom. The van der Waals surface area contributed by atoms with E-state index >= 15 is 0 Å². The molecule has 0 radical (unpaired) electrons. The normalized spacial score (nSPS) is 14.0. The molecule has 1 unspecified atom stereocenters. The lowest BCUT2D eigenvalue weighted by atomic mass is 10.1. The number of fused-ring (bicyclic) bond motifs is 1. The highest BCUT2D eigenvalue weighted by atomic mass is 32.2. The summed E-state index contributed by atoms with van der Waals surface area (Å²) in [7, 11) is -3.01. The van der Waals surface area contributed by atoms with Crippen molar-refractivity contribution in [3.05, 3.63) is 36.0 Å². The predicted molar refractivity (Wildman–Crippen MR) is 88.2 cm³/mol. The highest BCUT2D eigenvalue weighted by Crippen LogP contribution is 2.19. The lowest BCUT2D eigenvalue weighted by molar-refractivity contribution is 0.581. The molecule has 0 spiro atoms. The van der Waals surface area contributed by atoms with E-state index in [1.165, 1.54) is 5.56 Å². The molecular weight excluding hydrogens is 284 g/mol. The van der Waals surface area contributed by atoms with Crippen LogP contribution in [-0.4, -0.2) is 30.0 Å². The van der Waals surface area contributed by atoms with Crippen LogP contribution in [0.2, 0.25) is 0 Å². The number of hydrogen-bond acceptors (Lipinski definition) is 3. The molecule has 0 saturated heterocycles. The van der Waals surface area contributed by atoms with Crippen molar-refractivity contribution in [1.82, 2.24) is 4.57 Å². The van der Waals surface area contributed by atoms with Gasteiger partial charge in [-0.2, -0.15) is 0 Å². The first-order chi connectivity index (χ1) is 9.79. The van der Waals surface area contributed by atoms with Gasteiger partial charge in [-0.05, 0) is 50.3 Å². The average molecular weight is 308 g/mol. The van der Waals surface area contributed by atoms with Crippen LogP contribution in [0.25, 0.3) is 10.9 Å². The van der Waals surface area contributed by atoms with Gasteiger partial charge >= 0.3 is 0 Å². The molecule has 2 rings (SSSR count). The van der Waals surface area contributed by atoms with Gasteiger partial charge in [-0.1, -0.05) is 12.1 Å². The molecule has 21 heavy (non-hydrogen) atoms. The van der Waals surface area contributed by atoms with Crippen molar-refractivity contribution in [2.24, 2.45) is 5.73 Å². The number of hydrogen-bond donors (Lipinski definition) is 1. The van der Waals surface area contributed by atoms with Crippen LogP contribution in [0.4, 0.5) is 0 Å². The molecule has 5 heteroatoms. The fourth-order valence-electron chi connectivity index (χ4n) is 2.38. The molecule has 0 fully saturated rings. The van der Waals surface area contributed by atoms with E-state index in [1.54, 1.807) is 13.8 Å². The number of benzene rings is 1. The smallest absolute Gasteiger partial charge is 0.154 e. The summed E-state index contributed by atoms with van der Waals surface area (Å²) in [5, 5.41) is 0.804. The summed E-state index contributed by atoms with van der Waals surface area (Å²) in [6, 6.07) is 8.40. The zero-order valence-electron chi connectivity index (χ0n) is 12.9. The second-order valence-corrected chi connectivity index (χ2v) is 8.68. The summed E-state index contributed by atoms with van der Waals surface area (Å²) in [5.74, 6) is 0.173. The van der Waals surface area contributed by atoms with Crippen LogP contribution >= 0.6 is 0 Å². The van der Waals surface area contributed by atoms with E-state index in [9.17, 15) is 8.42 Å². The zero-order chi connectivity index (χ0) is 15.6. The average Bonchev–Trinajstić information content (AvgIpc) is 2.78. The van der Waals surface area contributed by atoms with Crippen molar-refractivity contribution >= 4 is 20.7 Å². The second-order valence-electron chi connectivity index (χ2n) is 6.00. The van der Waals surface area contributed by atoms with Crippen LogP contribution in [0.3, 0.4) is 0 Å². The zero-order valence-corrected chi connectivity index (χ0v) is 13.7. The summed E-state index contributed by atoms with van der Waals surface area (Å²) >= 11 is 0. The van der Waals surface area contributed by atoms with Gasteiger partial charge < -0.3 is 10.3 Å². The van der Waals surface area contributed by atoms with E-state index in [0.29, 0.717) is 6.54 Å². The van der Waals surface area contributed by atoms with Gasteiger partial charge in [0.25, 0.3) is 0 Å². The van der Waals surface area contributed by atoms with Gasteiger partial charge in [-0.3, -0.25) is 0 Å². The van der Waals surface area contributed by atoms with E-state index < -0.39 is 9.84 Å². The minimum Gasteiger partial charge on any atom is -0.346 e. The minimum absolute atomic E-state index is 0.118. The molecule has 0 aliphatic rings. The third-order valence-corrected chi connectivity index (χ3v) is 5.92. The first kappa shape index (κ1) is 16.0. The highest BCUT2D eigenvalue weighted by Gasteiger charge is 2.16. The van der Waals surface area contributed by atoms with Gasteiger partial charge in [0.2, 0.25) is 0 Å². The fourth-order valence-corrected chi connectivity index (χ4v) is 3.31. The molecule has 0 amide bonds. The monoisotopic (exact) mass is 308 g/mol. The molecular formula is C16H24N2O2S. The van der Waals surface area contributed by atoms with Crippen LogP contribution in [0.15, 0.2) is 30.5 Å². The van der Waals surface area contributed by atoms with Crippen molar-refractivity contribution < 1.29 is 8.42 Å². The summed E-state index contributed by atoms with van der Waals surface area (Å²) in [6.07, 6.45) is 2.78. The summed E-state index contributed by atoms with van der Waals surface area (Å²) in [6.45, 7) is 5.93. The maximum atomic E-state index is 11.9. The molecule has 0 aliphatic heterocycles. The number of sulfone groups is 1. The van der Waals surface area contributed by atoms with Crippen LogP contribution < -0.4 is 5.73 Å². The Hall–Kier alpha value is -1.33. The molecule has 1 aromatic carbocycles. The lowest BCUT2D eigenvalue weighted by Gasteiger charge is -2.10. The quantitative estimate of drug-likeness (QED) is 0.891. The number of rotatable bonds is 6. The number of aromatic nitrogens is 1. The van der Waals surface area contributed by atoms with Crippen LogP contribution in [0.1, 0.15) is 26.3 Å². The minimum atomic E-state index is -3.01. The molecule has 2 N–H and O–H groups in total. The number of nitrogens with two attached hydrogens (primary N) is 1. The predicted octanol–water partition coefficient (Wildman–Crippen LogP) is 2.35. The molecule has 1 heterocycles. The van der Waals surface area contributed by atoms with Gasteiger partial charge in [0.05, 0.1) is 11.0 Å². The van der Waals surface area contributed by atoms with Crippen molar-refractivity contribution in [3.63, 3.8) is 0 Å². The molecule has 1 aromatic heterocycles. The molecule has 4 nitrogen and oxygen atoms in total. The SMILES string of the molecule is CC(N)Cc1ccc2ccn(CCS(=O)(=O)C(C)C)c2c1. The first-order valence-corrected chi connectivity index (χ1v) is 9.06. The Kier molecular flexibility index (Phi) is 4.74. The van der Waals surface area contributed by atoms with Crippen molar-refractivity contribution in [2.75, 3.05) is 5.75 Å². The molecule has 116 valence electrons. The summed E-state index contributed by atoms with van der Waals surface area (Å²) in [4.78, 5) is 0. The molecule has 0 saturated carbocycles. The number of nitrogens with zero attached hydrogens (tertiary/aromatic N) is 1. The maximum absolute atomic E-state index is 11.9. The lowest BCUT2D eigenvalue weighted by Crippen LogP contribution is -2.21. The van der Waals surface area contributed by atoms with Crippen molar-refractivity contribution in [1.29, 1.82) is 0 Å². The number of aryl methyl sites for hydroxylation is 1. The fraction of sp³-hybridized carbons (Fsp3) is 0.500. The Balaban J connectivity index is 2.24. The third-order valence-electron chi connectivity index (χ3n) is 3.73. The topological polar surface area (TPSA) is 65.1 Å². The van der Waals surface area contributed by atoms with Crippen LogP contribution in [0.5, 0.6) is 0 Å². The van der Waals surface area contributed by atoms with Gasteiger partial charge in [0.15, 0.2) is 9.84 Å². The first-order valence-electron chi connectivity index (χ1n) is 7.34. The second kappa shape index (κ2) is 6.20. The molecule has 1 atom stereocenters. The van der Waals surface area contributed by atoms with Gasteiger partial charge in [0, 0.05) is 24.3 Å². The van der Waals surface area contributed by atoms with Crippen LogP contribution in [0, 0.1) is 0 Å². The summed E-state index contributed by atoms with van der Waals surface area (Å²) < 4.78 is 25.9. The van der Waals surface area contributed by atoms with Crippen molar-refractivity contribution in [2.45, 2.75) is 45.0 Å². The Labute approximate surface area is 126 Å². The highest BCUT2D eigenvalue weighted by molar-refractivity contribution is 7.91. The molecule has 0 bridgehead atoms. The largest absolute Gasteiger partial charge is 0.346 e. The Morgan fingerprint density at radius 1 is 1.19 bits per heavy atom. The van der Waals surface area contributed by atoms with E-state index in [1.807, 2.05) is 23.8 Å². The Bertz CT molecular complexity index is 715. The third kappa shape index (κ3) is 3.86. The standard InChI is InChI=1S/C16H24N2O2S/c1-12(2)21(19,20)9-8-18-7-6-15-5-4-14(10-13(3)17)11-16(15)18/h4-7,11-13H,8-10,17H2,1-3H3. The molecule has 0 aliphatic carbocycles. The van der Waals surface area contributed by atoms with Gasteiger partial charge in [-0.25, -0.2) is 8.42 Å². The maximum Gasteiger partial charge on any atom is 0.154 e. The Morgan fingerprint density at radius 2 is 1.90 bits per heavy atom. The van der Waals surface area contributed by atoms with Gasteiger partial charge in [0.1, 0.15) is 0 Å². The van der Waals surface area contributed by atoms with E-state index in [4.69, 9.17) is 5.73 Å². The van der Waals surface area contributed by atoms with Gasteiger partial charge in [-0.15, -0.1) is 0 Å².